The van der Waals surface area contributed by atoms with Crippen molar-refractivity contribution in [2.45, 2.75) is 32.9 Å². The number of aryl methyl sites for hydroxylation is 1. The van der Waals surface area contributed by atoms with E-state index in [1.807, 2.05) is 6.92 Å². The van der Waals surface area contributed by atoms with Crippen LogP contribution in [0.1, 0.15) is 24.0 Å². The third-order valence-corrected chi connectivity index (χ3v) is 4.77. The Hall–Kier alpha value is -1.31. The van der Waals surface area contributed by atoms with E-state index >= 15 is 0 Å². The molecule has 0 bridgehead atoms. The van der Waals surface area contributed by atoms with E-state index in [0.29, 0.717) is 16.9 Å². The van der Waals surface area contributed by atoms with Gasteiger partial charge in [-0.15, -0.1) is 0 Å². The Morgan fingerprint density at radius 1 is 1.55 bits per heavy atom. The summed E-state index contributed by atoms with van der Waals surface area (Å²) in [6.45, 7) is 6.56. The molecule has 0 radical (unpaired) electrons. The fourth-order valence-electron chi connectivity index (χ4n) is 2.81. The fourth-order valence-corrected chi connectivity index (χ4v) is 3.78. The second-order valence-electron chi connectivity index (χ2n) is 5.54. The lowest BCUT2D eigenvalue weighted by molar-refractivity contribution is 0.254. The second kappa shape index (κ2) is 5.23. The maximum absolute atomic E-state index is 11.8. The number of nitrogens with zero attached hydrogens (tertiary/aromatic N) is 4. The van der Waals surface area contributed by atoms with E-state index in [1.54, 1.807) is 0 Å². The highest BCUT2D eigenvalue weighted by Crippen LogP contribution is 2.25. The molecule has 2 unspecified atom stereocenters. The summed E-state index contributed by atoms with van der Waals surface area (Å²) in [4.78, 5) is 19.3. The Labute approximate surface area is 121 Å². The summed E-state index contributed by atoms with van der Waals surface area (Å²) in [6.07, 6.45) is 1.14. The second-order valence-corrected chi connectivity index (χ2v) is 6.58. The van der Waals surface area contributed by atoms with Crippen molar-refractivity contribution in [1.29, 1.82) is 0 Å². The van der Waals surface area contributed by atoms with Crippen molar-refractivity contribution in [2.75, 3.05) is 13.1 Å². The van der Waals surface area contributed by atoms with Crippen molar-refractivity contribution in [3.8, 4) is 0 Å². The molecule has 0 aliphatic carbocycles. The van der Waals surface area contributed by atoms with Crippen molar-refractivity contribution in [1.82, 2.24) is 19.5 Å². The number of nitrogens with two attached hydrogens (primary N) is 1. The Balaban J connectivity index is 1.85. The first-order valence-corrected chi connectivity index (χ1v) is 7.69. The maximum atomic E-state index is 11.8. The first-order chi connectivity index (χ1) is 9.56. The van der Waals surface area contributed by atoms with E-state index < -0.39 is 0 Å². The lowest BCUT2D eigenvalue weighted by atomic mass is 10.1. The van der Waals surface area contributed by atoms with Gasteiger partial charge in [0.15, 0.2) is 0 Å². The Bertz CT molecular complexity index is 679. The van der Waals surface area contributed by atoms with Crippen LogP contribution in [0, 0.1) is 12.8 Å². The molecule has 2 aromatic heterocycles. The van der Waals surface area contributed by atoms with Gasteiger partial charge in [-0.05, 0) is 32.7 Å². The molecular formula is C13H19N5OS. The van der Waals surface area contributed by atoms with E-state index in [0.717, 1.165) is 36.8 Å². The molecule has 0 saturated carbocycles. The van der Waals surface area contributed by atoms with Crippen LogP contribution in [0.2, 0.25) is 0 Å². The van der Waals surface area contributed by atoms with Gasteiger partial charge in [-0.2, -0.15) is 9.61 Å². The normalized spacial score (nSPS) is 23.8. The molecule has 2 atom stereocenters. The molecule has 108 valence electrons. The predicted octanol–water partition coefficient (Wildman–Crippen LogP) is 0.629. The van der Waals surface area contributed by atoms with Crippen molar-refractivity contribution in [3.05, 3.63) is 27.1 Å². The molecule has 3 heterocycles. The van der Waals surface area contributed by atoms with Crippen molar-refractivity contribution in [2.24, 2.45) is 11.7 Å². The number of hydrogen-bond acceptors (Lipinski definition) is 6. The zero-order chi connectivity index (χ0) is 14.3. The van der Waals surface area contributed by atoms with Gasteiger partial charge in [0.05, 0.1) is 6.54 Å². The average molecular weight is 293 g/mol. The molecule has 1 fully saturated rings. The summed E-state index contributed by atoms with van der Waals surface area (Å²) >= 11 is 1.49. The third kappa shape index (κ3) is 2.48. The number of likely N-dealkylation sites (tertiary alicyclic amines) is 1. The molecule has 7 heteroatoms. The van der Waals surface area contributed by atoms with Gasteiger partial charge in [0, 0.05) is 24.3 Å². The number of aromatic nitrogens is 3. The van der Waals surface area contributed by atoms with Gasteiger partial charge in [-0.1, -0.05) is 11.3 Å². The average Bonchev–Trinajstić information content (AvgIpc) is 2.94. The smallest absolute Gasteiger partial charge is 0.275 e. The van der Waals surface area contributed by atoms with Gasteiger partial charge in [0.25, 0.3) is 5.56 Å². The molecule has 6 nitrogen and oxygen atoms in total. The minimum atomic E-state index is -0.107. The zero-order valence-electron chi connectivity index (χ0n) is 11.7. The Kier molecular flexibility index (Phi) is 3.57. The lowest BCUT2D eigenvalue weighted by Crippen LogP contribution is -2.27. The van der Waals surface area contributed by atoms with E-state index in [9.17, 15) is 4.79 Å². The van der Waals surface area contributed by atoms with E-state index in [-0.39, 0.29) is 5.56 Å². The summed E-state index contributed by atoms with van der Waals surface area (Å²) in [5.74, 6) is 0.572. The van der Waals surface area contributed by atoms with Crippen molar-refractivity contribution < 1.29 is 0 Å². The van der Waals surface area contributed by atoms with Crippen LogP contribution in [0.4, 0.5) is 0 Å². The monoisotopic (exact) mass is 293 g/mol. The molecular weight excluding hydrogens is 274 g/mol. The molecule has 3 rings (SSSR count). The van der Waals surface area contributed by atoms with Crippen LogP contribution in [0.5, 0.6) is 0 Å². The van der Waals surface area contributed by atoms with E-state index in [4.69, 9.17) is 5.73 Å². The summed E-state index contributed by atoms with van der Waals surface area (Å²) in [5, 5.41) is 5.32. The molecule has 20 heavy (non-hydrogen) atoms. The zero-order valence-corrected chi connectivity index (χ0v) is 12.6. The van der Waals surface area contributed by atoms with Gasteiger partial charge in [0.2, 0.25) is 4.96 Å². The summed E-state index contributed by atoms with van der Waals surface area (Å²) in [6, 6.07) is 2.03. The highest BCUT2D eigenvalue weighted by Gasteiger charge is 2.28. The predicted molar refractivity (Wildman–Crippen MR) is 78.9 cm³/mol. The van der Waals surface area contributed by atoms with Crippen molar-refractivity contribution in [3.63, 3.8) is 0 Å². The van der Waals surface area contributed by atoms with Gasteiger partial charge in [-0.25, -0.2) is 4.98 Å². The van der Waals surface area contributed by atoms with E-state index in [1.165, 1.54) is 21.9 Å². The topological polar surface area (TPSA) is 76.5 Å². The van der Waals surface area contributed by atoms with Crippen LogP contribution in [0.3, 0.4) is 0 Å². The highest BCUT2D eigenvalue weighted by molar-refractivity contribution is 7.16. The molecule has 2 N–H and O–H groups in total. The highest BCUT2D eigenvalue weighted by atomic mass is 32.1. The third-order valence-electron chi connectivity index (χ3n) is 3.88. The molecule has 2 aromatic rings. The lowest BCUT2D eigenvalue weighted by Gasteiger charge is -2.18. The molecule has 0 spiro atoms. The minimum absolute atomic E-state index is 0.107. The van der Waals surface area contributed by atoms with Crippen molar-refractivity contribution >= 4 is 16.3 Å². The molecule has 1 saturated heterocycles. The van der Waals surface area contributed by atoms with Crippen LogP contribution in [-0.4, -0.2) is 38.6 Å². The van der Waals surface area contributed by atoms with Crippen LogP contribution in [0.15, 0.2) is 10.9 Å². The Morgan fingerprint density at radius 3 is 3.05 bits per heavy atom. The van der Waals surface area contributed by atoms with E-state index in [2.05, 4.69) is 21.9 Å². The molecule has 0 amide bonds. The first kappa shape index (κ1) is 13.7. The summed E-state index contributed by atoms with van der Waals surface area (Å²) in [5.41, 5.74) is 6.39. The van der Waals surface area contributed by atoms with Gasteiger partial charge in [-0.3, -0.25) is 9.69 Å². The van der Waals surface area contributed by atoms with Crippen LogP contribution >= 0.6 is 11.3 Å². The maximum Gasteiger partial charge on any atom is 0.275 e. The fraction of sp³-hybridized carbons (Fsp3) is 0.615. The Morgan fingerprint density at radius 2 is 2.35 bits per heavy atom. The molecule has 1 aliphatic heterocycles. The number of fused-ring (bicyclic) bond motifs is 1. The van der Waals surface area contributed by atoms with Gasteiger partial charge in [0.1, 0.15) is 5.01 Å². The summed E-state index contributed by atoms with van der Waals surface area (Å²) < 4.78 is 1.40. The minimum Gasteiger partial charge on any atom is -0.330 e. The van der Waals surface area contributed by atoms with Crippen LogP contribution < -0.4 is 11.3 Å². The largest absolute Gasteiger partial charge is 0.330 e. The summed E-state index contributed by atoms with van der Waals surface area (Å²) in [7, 11) is 0. The quantitative estimate of drug-likeness (QED) is 0.898. The van der Waals surface area contributed by atoms with Crippen LogP contribution in [-0.2, 0) is 6.54 Å². The molecule has 0 aromatic carbocycles. The number of hydrogen-bond donors (Lipinski definition) is 1. The number of rotatable bonds is 3. The molecule has 1 aliphatic rings. The van der Waals surface area contributed by atoms with Crippen LogP contribution in [0.25, 0.3) is 4.96 Å². The SMILES string of the molecule is Cc1cc(=O)n2nc(CN3CC(CN)CC3C)sc2n1. The van der Waals surface area contributed by atoms with Gasteiger partial charge < -0.3 is 5.73 Å². The van der Waals surface area contributed by atoms with Gasteiger partial charge >= 0.3 is 0 Å². The first-order valence-electron chi connectivity index (χ1n) is 6.87. The standard InChI is InChI=1S/C13H19N5OS/c1-8-3-12(19)18-13(15-8)20-11(16-18)7-17-6-10(5-14)4-9(17)2/h3,9-10H,4-7,14H2,1-2H3.